The van der Waals surface area contributed by atoms with Crippen molar-refractivity contribution >= 4 is 23.9 Å². The fourth-order valence-electron chi connectivity index (χ4n) is 0.834. The molecule has 0 aromatic heterocycles. The van der Waals surface area contributed by atoms with Crippen LogP contribution < -0.4 is 4.74 Å². The number of carbonyl (C=O) groups is 2. The molecule has 0 saturated carbocycles. The van der Waals surface area contributed by atoms with E-state index in [4.69, 9.17) is 16.3 Å². The summed E-state index contributed by atoms with van der Waals surface area (Å²) in [5.74, 6) is -0.376. The second-order valence-corrected chi connectivity index (χ2v) is 3.24. The number of rotatable bonds is 3. The monoisotopic (exact) mass is 212 g/mol. The number of hydrogen-bond donors (Lipinski definition) is 0. The van der Waals surface area contributed by atoms with Gasteiger partial charge < -0.3 is 9.53 Å². The van der Waals surface area contributed by atoms with E-state index in [-0.39, 0.29) is 0 Å². The highest BCUT2D eigenvalue weighted by Crippen LogP contribution is 2.12. The normalized spacial score (nSPS) is 11.9. The summed E-state index contributed by atoms with van der Waals surface area (Å²) in [6.07, 6.45) is 0.331. The number of aryl methyl sites for hydroxylation is 1. The van der Waals surface area contributed by atoms with E-state index in [0.717, 1.165) is 5.56 Å². The first kappa shape index (κ1) is 10.7. The van der Waals surface area contributed by atoms with Crippen LogP contribution in [0.3, 0.4) is 0 Å². The van der Waals surface area contributed by atoms with Gasteiger partial charge in [-0.05, 0) is 19.1 Å². The van der Waals surface area contributed by atoms with E-state index in [1.54, 1.807) is 24.3 Å². The minimum atomic E-state index is -1.24. The second-order valence-electron chi connectivity index (χ2n) is 2.77. The SMILES string of the molecule is Cc1ccc(OC(=O)C(Cl)C=O)cc1. The molecule has 14 heavy (non-hydrogen) atoms. The predicted octanol–water partition coefficient (Wildman–Crippen LogP) is 1.71. The lowest BCUT2D eigenvalue weighted by Gasteiger charge is -2.04. The maximum atomic E-state index is 11.0. The summed E-state index contributed by atoms with van der Waals surface area (Å²) in [6, 6.07) is 6.88. The van der Waals surface area contributed by atoms with E-state index in [0.29, 0.717) is 12.0 Å². The molecule has 0 amide bonds. The number of esters is 1. The van der Waals surface area contributed by atoms with Gasteiger partial charge in [-0.1, -0.05) is 17.7 Å². The van der Waals surface area contributed by atoms with E-state index in [1.165, 1.54) is 0 Å². The Morgan fingerprint density at radius 2 is 2.00 bits per heavy atom. The van der Waals surface area contributed by atoms with Crippen LogP contribution in [-0.4, -0.2) is 17.6 Å². The van der Waals surface area contributed by atoms with Crippen molar-refractivity contribution in [1.29, 1.82) is 0 Å². The lowest BCUT2D eigenvalue weighted by atomic mass is 10.2. The predicted molar refractivity (Wildman–Crippen MR) is 52.5 cm³/mol. The van der Waals surface area contributed by atoms with Crippen molar-refractivity contribution in [3.8, 4) is 5.75 Å². The standard InChI is InChI=1S/C10H9ClO3/c1-7-2-4-8(5-3-7)14-10(13)9(11)6-12/h2-6,9H,1H3. The van der Waals surface area contributed by atoms with E-state index < -0.39 is 11.3 Å². The van der Waals surface area contributed by atoms with Crippen molar-refractivity contribution in [3.05, 3.63) is 29.8 Å². The van der Waals surface area contributed by atoms with Crippen LogP contribution in [0.2, 0.25) is 0 Å². The molecule has 0 spiro atoms. The Morgan fingerprint density at radius 1 is 1.43 bits per heavy atom. The van der Waals surface area contributed by atoms with Crippen LogP contribution in [0.1, 0.15) is 5.56 Å². The minimum absolute atomic E-state index is 0.331. The Labute approximate surface area is 86.6 Å². The highest BCUT2D eigenvalue weighted by molar-refractivity contribution is 6.37. The van der Waals surface area contributed by atoms with Crippen LogP contribution in [0.4, 0.5) is 0 Å². The maximum Gasteiger partial charge on any atom is 0.336 e. The Hall–Kier alpha value is -1.35. The molecule has 0 bridgehead atoms. The third kappa shape index (κ3) is 2.85. The molecular formula is C10H9ClO3. The highest BCUT2D eigenvalue weighted by Gasteiger charge is 2.16. The Balaban J connectivity index is 2.65. The molecule has 1 aromatic carbocycles. The van der Waals surface area contributed by atoms with Crippen LogP contribution in [0.5, 0.6) is 5.75 Å². The number of halogens is 1. The molecule has 1 aromatic rings. The zero-order chi connectivity index (χ0) is 10.6. The molecule has 0 heterocycles. The second kappa shape index (κ2) is 4.77. The van der Waals surface area contributed by atoms with Crippen LogP contribution in [0.15, 0.2) is 24.3 Å². The quantitative estimate of drug-likeness (QED) is 0.252. The lowest BCUT2D eigenvalue weighted by Crippen LogP contribution is -2.21. The van der Waals surface area contributed by atoms with Crippen molar-refractivity contribution in [3.63, 3.8) is 0 Å². The molecule has 1 atom stereocenters. The summed E-state index contributed by atoms with van der Waals surface area (Å²) in [5.41, 5.74) is 1.06. The van der Waals surface area contributed by atoms with Crippen molar-refractivity contribution in [2.75, 3.05) is 0 Å². The number of carbonyl (C=O) groups excluding carboxylic acids is 2. The van der Waals surface area contributed by atoms with Gasteiger partial charge in [-0.25, -0.2) is 4.79 Å². The smallest absolute Gasteiger partial charge is 0.336 e. The fourth-order valence-corrected chi connectivity index (χ4v) is 0.879. The largest absolute Gasteiger partial charge is 0.425 e. The Kier molecular flexibility index (Phi) is 3.65. The number of hydrogen-bond acceptors (Lipinski definition) is 3. The van der Waals surface area contributed by atoms with E-state index in [2.05, 4.69) is 0 Å². The van der Waals surface area contributed by atoms with Gasteiger partial charge in [-0.3, -0.25) is 0 Å². The number of ether oxygens (including phenoxy) is 1. The molecule has 0 aliphatic heterocycles. The molecule has 0 aliphatic carbocycles. The Morgan fingerprint density at radius 3 is 2.50 bits per heavy atom. The summed E-state index contributed by atoms with van der Waals surface area (Å²) in [6.45, 7) is 1.92. The summed E-state index contributed by atoms with van der Waals surface area (Å²) in [7, 11) is 0. The topological polar surface area (TPSA) is 43.4 Å². The highest BCUT2D eigenvalue weighted by atomic mass is 35.5. The van der Waals surface area contributed by atoms with Crippen molar-refractivity contribution < 1.29 is 14.3 Å². The molecule has 4 heteroatoms. The molecule has 3 nitrogen and oxygen atoms in total. The zero-order valence-electron chi connectivity index (χ0n) is 7.57. The van der Waals surface area contributed by atoms with Gasteiger partial charge in [0.25, 0.3) is 0 Å². The molecule has 0 saturated heterocycles. The van der Waals surface area contributed by atoms with E-state index >= 15 is 0 Å². The molecule has 0 fully saturated rings. The summed E-state index contributed by atoms with van der Waals surface area (Å²) in [5, 5.41) is -1.24. The molecule has 1 rings (SSSR count). The van der Waals surface area contributed by atoms with Crippen LogP contribution in [0, 0.1) is 6.92 Å². The molecule has 74 valence electrons. The molecule has 1 unspecified atom stereocenters. The van der Waals surface area contributed by atoms with Crippen molar-refractivity contribution in [1.82, 2.24) is 0 Å². The van der Waals surface area contributed by atoms with Crippen molar-refractivity contribution in [2.45, 2.75) is 12.3 Å². The summed E-state index contributed by atoms with van der Waals surface area (Å²) >= 11 is 5.35. The van der Waals surface area contributed by atoms with Crippen LogP contribution in [-0.2, 0) is 9.59 Å². The molecular weight excluding hydrogens is 204 g/mol. The third-order valence-electron chi connectivity index (χ3n) is 1.58. The first-order valence-electron chi connectivity index (χ1n) is 4.01. The molecule has 0 N–H and O–H groups in total. The summed E-state index contributed by atoms with van der Waals surface area (Å²) < 4.78 is 4.82. The van der Waals surface area contributed by atoms with Gasteiger partial charge in [0, 0.05) is 0 Å². The number of aldehydes is 1. The number of benzene rings is 1. The third-order valence-corrected chi connectivity index (χ3v) is 1.87. The fraction of sp³-hybridized carbons (Fsp3) is 0.200. The van der Waals surface area contributed by atoms with E-state index in [1.807, 2.05) is 6.92 Å². The van der Waals surface area contributed by atoms with E-state index in [9.17, 15) is 9.59 Å². The first-order chi connectivity index (χ1) is 6.63. The minimum Gasteiger partial charge on any atom is -0.425 e. The first-order valence-corrected chi connectivity index (χ1v) is 4.45. The summed E-state index contributed by atoms with van der Waals surface area (Å²) in [4.78, 5) is 21.2. The van der Waals surface area contributed by atoms with Gasteiger partial charge in [-0.15, -0.1) is 11.6 Å². The van der Waals surface area contributed by atoms with Gasteiger partial charge >= 0.3 is 5.97 Å². The van der Waals surface area contributed by atoms with Gasteiger partial charge in [0.2, 0.25) is 0 Å². The van der Waals surface area contributed by atoms with Crippen molar-refractivity contribution in [2.24, 2.45) is 0 Å². The van der Waals surface area contributed by atoms with Gasteiger partial charge in [0.15, 0.2) is 5.38 Å². The average Bonchev–Trinajstić information content (AvgIpc) is 2.20. The van der Waals surface area contributed by atoms with Crippen LogP contribution in [0.25, 0.3) is 0 Å². The van der Waals surface area contributed by atoms with Gasteiger partial charge in [0.05, 0.1) is 0 Å². The van der Waals surface area contributed by atoms with Crippen LogP contribution >= 0.6 is 11.6 Å². The molecule has 0 aliphatic rings. The Bertz CT molecular complexity index is 332. The average molecular weight is 213 g/mol. The van der Waals surface area contributed by atoms with Gasteiger partial charge in [-0.2, -0.15) is 0 Å². The lowest BCUT2D eigenvalue weighted by molar-refractivity contribution is -0.135. The maximum absolute atomic E-state index is 11.0. The molecule has 0 radical (unpaired) electrons. The van der Waals surface area contributed by atoms with Gasteiger partial charge in [0.1, 0.15) is 12.0 Å². The number of alkyl halides is 1. The zero-order valence-corrected chi connectivity index (χ0v) is 8.32.